The molecule has 2 heterocycles. The highest BCUT2D eigenvalue weighted by Crippen LogP contribution is 2.12. The van der Waals surface area contributed by atoms with E-state index in [1.807, 2.05) is 0 Å². The number of nitrogens with zero attached hydrogens (tertiary/aromatic N) is 1. The number of ether oxygens (including phenoxy) is 2. The van der Waals surface area contributed by atoms with E-state index in [0.717, 1.165) is 44.1 Å². The van der Waals surface area contributed by atoms with Crippen LogP contribution in [0.5, 0.6) is 0 Å². The number of aromatic nitrogens is 1. The predicted molar refractivity (Wildman–Crippen MR) is 88.8 cm³/mol. The lowest BCUT2D eigenvalue weighted by Crippen LogP contribution is -2.26. The van der Waals surface area contributed by atoms with Crippen LogP contribution in [0.25, 0.3) is 0 Å². The zero-order chi connectivity index (χ0) is 14.9. The van der Waals surface area contributed by atoms with Crippen molar-refractivity contribution in [3.05, 3.63) is 16.1 Å². The van der Waals surface area contributed by atoms with Crippen molar-refractivity contribution in [3.8, 4) is 0 Å². The molecule has 0 radical (unpaired) electrons. The zero-order valence-corrected chi connectivity index (χ0v) is 14.2. The molecule has 1 aromatic rings. The van der Waals surface area contributed by atoms with Crippen LogP contribution in [0.15, 0.2) is 5.38 Å². The van der Waals surface area contributed by atoms with Gasteiger partial charge in [-0.05, 0) is 19.4 Å². The van der Waals surface area contributed by atoms with E-state index >= 15 is 0 Å². The molecule has 1 saturated heterocycles. The molecule has 126 valence electrons. The van der Waals surface area contributed by atoms with Gasteiger partial charge in [0.25, 0.3) is 5.91 Å². The monoisotopic (exact) mass is 349 g/mol. The third-order valence-corrected chi connectivity index (χ3v) is 4.18. The third-order valence-electron chi connectivity index (χ3n) is 3.27. The number of thiazole rings is 1. The number of amides is 1. The van der Waals surface area contributed by atoms with E-state index < -0.39 is 0 Å². The average Bonchev–Trinajstić information content (AvgIpc) is 3.14. The van der Waals surface area contributed by atoms with Gasteiger partial charge in [0, 0.05) is 37.5 Å². The predicted octanol–water partition coefficient (Wildman–Crippen LogP) is 1.24. The van der Waals surface area contributed by atoms with E-state index in [-0.39, 0.29) is 18.3 Å². The molecule has 1 amide bonds. The lowest BCUT2D eigenvalue weighted by molar-refractivity contribution is 0.0852. The smallest absolute Gasteiger partial charge is 0.270 e. The van der Waals surface area contributed by atoms with Gasteiger partial charge < -0.3 is 20.5 Å². The normalized spacial score (nSPS) is 17.2. The Morgan fingerprint density at radius 1 is 1.59 bits per heavy atom. The fourth-order valence-corrected chi connectivity index (χ4v) is 2.88. The quantitative estimate of drug-likeness (QED) is 0.655. The molecule has 0 saturated carbocycles. The van der Waals surface area contributed by atoms with Gasteiger partial charge in [0.2, 0.25) is 0 Å². The molecule has 0 spiro atoms. The van der Waals surface area contributed by atoms with Crippen LogP contribution in [0.3, 0.4) is 0 Å². The maximum atomic E-state index is 11.8. The Morgan fingerprint density at radius 2 is 2.45 bits per heavy atom. The molecule has 0 aliphatic carbocycles. The molecule has 6 nitrogen and oxygen atoms in total. The molecule has 1 aliphatic heterocycles. The highest BCUT2D eigenvalue weighted by molar-refractivity contribution is 7.09. The Labute approximate surface area is 141 Å². The molecule has 8 heteroatoms. The fraction of sp³-hybridized carbons (Fsp3) is 0.714. The highest BCUT2D eigenvalue weighted by atomic mass is 35.5. The van der Waals surface area contributed by atoms with Crippen LogP contribution in [0.1, 0.15) is 28.3 Å². The summed E-state index contributed by atoms with van der Waals surface area (Å²) in [5.74, 6) is 0.411. The van der Waals surface area contributed by atoms with Gasteiger partial charge in [-0.25, -0.2) is 4.98 Å². The van der Waals surface area contributed by atoms with Crippen molar-refractivity contribution >= 4 is 29.7 Å². The Kier molecular flexibility index (Phi) is 9.58. The largest absolute Gasteiger partial charge is 0.381 e. The van der Waals surface area contributed by atoms with Gasteiger partial charge in [-0.1, -0.05) is 0 Å². The summed E-state index contributed by atoms with van der Waals surface area (Å²) in [6, 6.07) is 0. The van der Waals surface area contributed by atoms with Crippen molar-refractivity contribution in [1.29, 1.82) is 0 Å². The first-order valence-electron chi connectivity index (χ1n) is 7.37. The molecule has 1 fully saturated rings. The first kappa shape index (κ1) is 19.3. The topological polar surface area (TPSA) is 86.5 Å². The van der Waals surface area contributed by atoms with Gasteiger partial charge >= 0.3 is 0 Å². The second kappa shape index (κ2) is 10.9. The van der Waals surface area contributed by atoms with Crippen LogP contribution >= 0.6 is 23.7 Å². The summed E-state index contributed by atoms with van der Waals surface area (Å²) >= 11 is 1.48. The number of hydrogen-bond donors (Lipinski definition) is 2. The molecule has 1 unspecified atom stereocenters. The van der Waals surface area contributed by atoms with Crippen molar-refractivity contribution in [3.63, 3.8) is 0 Å². The number of halogens is 1. The van der Waals surface area contributed by atoms with Gasteiger partial charge in [-0.2, -0.15) is 0 Å². The Balaban J connectivity index is 0.00000242. The molecule has 1 aromatic heterocycles. The van der Waals surface area contributed by atoms with Crippen molar-refractivity contribution in [2.75, 3.05) is 39.5 Å². The molecule has 0 aromatic carbocycles. The molecule has 0 bridgehead atoms. The SMILES string of the molecule is Cl.NCCc1nc(C(=O)NCCCOCC2CCOC2)cs1. The standard InChI is InChI=1S/C14H23N3O3S.ClH/c15-4-2-13-17-12(10-21-13)14(18)16-5-1-6-19-8-11-3-7-20-9-11;/h10-11H,1-9,15H2,(H,16,18);1H. The molecule has 3 N–H and O–H groups in total. The first-order valence-corrected chi connectivity index (χ1v) is 8.25. The number of carbonyl (C=O) groups excluding carboxylic acids is 1. The number of nitrogens with one attached hydrogen (secondary N) is 1. The fourth-order valence-electron chi connectivity index (χ4n) is 2.08. The summed E-state index contributed by atoms with van der Waals surface area (Å²) in [7, 11) is 0. The van der Waals surface area contributed by atoms with Crippen molar-refractivity contribution in [1.82, 2.24) is 10.3 Å². The number of carbonyl (C=O) groups is 1. The van der Waals surface area contributed by atoms with Crippen LogP contribution in [-0.4, -0.2) is 50.4 Å². The molecular weight excluding hydrogens is 326 g/mol. The minimum absolute atomic E-state index is 0. The van der Waals surface area contributed by atoms with Crippen molar-refractivity contribution < 1.29 is 14.3 Å². The molecule has 2 rings (SSSR count). The third kappa shape index (κ3) is 6.58. The van der Waals surface area contributed by atoms with Gasteiger partial charge in [0.15, 0.2) is 0 Å². The van der Waals surface area contributed by atoms with Crippen LogP contribution < -0.4 is 11.1 Å². The molecular formula is C14H24ClN3O3S. The second-order valence-corrected chi connectivity index (χ2v) is 6.02. The first-order chi connectivity index (χ1) is 10.3. The van der Waals surface area contributed by atoms with Crippen LogP contribution in [0, 0.1) is 5.92 Å². The lowest BCUT2D eigenvalue weighted by Gasteiger charge is -2.08. The van der Waals surface area contributed by atoms with E-state index in [4.69, 9.17) is 15.2 Å². The average molecular weight is 350 g/mol. The maximum Gasteiger partial charge on any atom is 0.270 e. The number of hydrogen-bond acceptors (Lipinski definition) is 6. The molecule has 1 aliphatic rings. The minimum Gasteiger partial charge on any atom is -0.381 e. The maximum absolute atomic E-state index is 11.8. The van der Waals surface area contributed by atoms with Crippen LogP contribution in [0.2, 0.25) is 0 Å². The van der Waals surface area contributed by atoms with Crippen LogP contribution in [-0.2, 0) is 15.9 Å². The van der Waals surface area contributed by atoms with Gasteiger partial charge in [0.05, 0.1) is 18.2 Å². The summed E-state index contributed by atoms with van der Waals surface area (Å²) in [6.07, 6.45) is 2.61. The summed E-state index contributed by atoms with van der Waals surface area (Å²) in [4.78, 5) is 16.1. The Morgan fingerprint density at radius 3 is 3.18 bits per heavy atom. The molecule has 1 atom stereocenters. The van der Waals surface area contributed by atoms with Crippen molar-refractivity contribution in [2.24, 2.45) is 11.7 Å². The summed E-state index contributed by atoms with van der Waals surface area (Å²) in [6.45, 7) is 4.23. The van der Waals surface area contributed by atoms with Gasteiger partial charge in [-0.15, -0.1) is 23.7 Å². The van der Waals surface area contributed by atoms with Crippen molar-refractivity contribution in [2.45, 2.75) is 19.3 Å². The van der Waals surface area contributed by atoms with Gasteiger partial charge in [-0.3, -0.25) is 4.79 Å². The zero-order valence-electron chi connectivity index (χ0n) is 12.6. The van der Waals surface area contributed by atoms with E-state index in [2.05, 4.69) is 10.3 Å². The number of nitrogens with two attached hydrogens (primary N) is 1. The van der Waals surface area contributed by atoms with Crippen LogP contribution in [0.4, 0.5) is 0 Å². The summed E-state index contributed by atoms with van der Waals surface area (Å²) in [5.41, 5.74) is 5.94. The summed E-state index contributed by atoms with van der Waals surface area (Å²) < 4.78 is 10.9. The summed E-state index contributed by atoms with van der Waals surface area (Å²) in [5, 5.41) is 5.53. The van der Waals surface area contributed by atoms with E-state index in [9.17, 15) is 4.79 Å². The van der Waals surface area contributed by atoms with E-state index in [1.54, 1.807) is 5.38 Å². The Hall–Kier alpha value is -0.730. The van der Waals surface area contributed by atoms with E-state index in [1.165, 1.54) is 11.3 Å². The number of rotatable bonds is 9. The molecule has 22 heavy (non-hydrogen) atoms. The minimum atomic E-state index is -0.126. The van der Waals surface area contributed by atoms with Gasteiger partial charge in [0.1, 0.15) is 5.69 Å². The second-order valence-electron chi connectivity index (χ2n) is 5.08. The Bertz CT molecular complexity index is 439. The van der Waals surface area contributed by atoms with E-state index in [0.29, 0.717) is 31.3 Å². The lowest BCUT2D eigenvalue weighted by atomic mass is 10.1. The highest BCUT2D eigenvalue weighted by Gasteiger charge is 2.15.